The summed E-state index contributed by atoms with van der Waals surface area (Å²) in [6, 6.07) is 1.83. The molecule has 11 heteroatoms. The Labute approximate surface area is 182 Å². The number of pyridine rings is 1. The van der Waals surface area contributed by atoms with E-state index in [-0.39, 0.29) is 18.7 Å². The summed E-state index contributed by atoms with van der Waals surface area (Å²) in [7, 11) is 1.51. The Kier molecular flexibility index (Phi) is 6.66. The van der Waals surface area contributed by atoms with Gasteiger partial charge in [-0.25, -0.2) is 14.8 Å². The molecule has 0 bridgehead atoms. The van der Waals surface area contributed by atoms with Crippen molar-refractivity contribution < 1.29 is 27.8 Å². The molecule has 0 aliphatic carbocycles. The summed E-state index contributed by atoms with van der Waals surface area (Å²) in [5.41, 5.74) is 3.32. The second-order valence-corrected chi connectivity index (χ2v) is 7.11. The van der Waals surface area contributed by atoms with E-state index in [0.717, 1.165) is 11.1 Å². The highest BCUT2D eigenvalue weighted by molar-refractivity contribution is 6.05. The summed E-state index contributed by atoms with van der Waals surface area (Å²) in [6.07, 6.45) is 4.47. The molecule has 0 spiro atoms. The van der Waals surface area contributed by atoms with Crippen molar-refractivity contribution in [3.8, 4) is 5.88 Å². The van der Waals surface area contributed by atoms with Crippen LogP contribution in [0.2, 0.25) is 0 Å². The maximum absolute atomic E-state index is 13.9. The molecule has 3 aromatic rings. The molecule has 0 atom stereocenters. The quantitative estimate of drug-likeness (QED) is 0.529. The van der Waals surface area contributed by atoms with Crippen LogP contribution in [0.25, 0.3) is 11.0 Å². The molecule has 3 aromatic heterocycles. The maximum Gasteiger partial charge on any atom is 0.378 e. The molecule has 0 aliphatic rings. The molecule has 1 N–H and O–H groups in total. The fourth-order valence-corrected chi connectivity index (χ4v) is 3.15. The number of aromatic nitrogens is 4. The third-order valence-corrected chi connectivity index (χ3v) is 4.80. The van der Waals surface area contributed by atoms with E-state index in [0.29, 0.717) is 22.6 Å². The number of alkyl halides is 2. The number of aryl methyl sites for hydroxylation is 1. The van der Waals surface area contributed by atoms with Crippen molar-refractivity contribution in [2.75, 3.05) is 20.3 Å². The number of carbonyl (C=O) groups is 2. The van der Waals surface area contributed by atoms with E-state index >= 15 is 0 Å². The number of carbonyl (C=O) groups excluding carboxylic acids is 2. The van der Waals surface area contributed by atoms with Gasteiger partial charge < -0.3 is 19.4 Å². The highest BCUT2D eigenvalue weighted by Gasteiger charge is 2.41. The molecule has 0 unspecified atom stereocenters. The molecular formula is C21H23F2N5O4. The lowest BCUT2D eigenvalue weighted by Crippen LogP contribution is -2.43. The van der Waals surface area contributed by atoms with Gasteiger partial charge in [0.1, 0.15) is 11.8 Å². The van der Waals surface area contributed by atoms with Gasteiger partial charge in [-0.1, -0.05) is 0 Å². The first-order valence-electron chi connectivity index (χ1n) is 9.81. The highest BCUT2D eigenvalue weighted by Crippen LogP contribution is 2.24. The molecule has 3 rings (SSSR count). The highest BCUT2D eigenvalue weighted by atomic mass is 19.3. The van der Waals surface area contributed by atoms with E-state index in [1.807, 2.05) is 19.9 Å². The van der Waals surface area contributed by atoms with Crippen molar-refractivity contribution in [3.05, 3.63) is 47.2 Å². The van der Waals surface area contributed by atoms with Crippen molar-refractivity contribution in [2.45, 2.75) is 33.2 Å². The van der Waals surface area contributed by atoms with Gasteiger partial charge >= 0.3 is 11.9 Å². The van der Waals surface area contributed by atoms with E-state index in [2.05, 4.69) is 25.0 Å². The van der Waals surface area contributed by atoms with Crippen molar-refractivity contribution in [2.24, 2.45) is 0 Å². The average molecular weight is 447 g/mol. The molecule has 0 saturated heterocycles. The number of ether oxygens (including phenoxy) is 2. The second-order valence-electron chi connectivity index (χ2n) is 7.11. The van der Waals surface area contributed by atoms with Crippen LogP contribution in [0.5, 0.6) is 5.88 Å². The van der Waals surface area contributed by atoms with Crippen LogP contribution < -0.4 is 10.1 Å². The Hall–Kier alpha value is -3.63. The molecule has 9 nitrogen and oxygen atoms in total. The Bertz CT molecular complexity index is 1160. The van der Waals surface area contributed by atoms with Crippen LogP contribution in [0.15, 0.2) is 24.8 Å². The third-order valence-electron chi connectivity index (χ3n) is 4.80. The van der Waals surface area contributed by atoms with Gasteiger partial charge in [-0.15, -0.1) is 0 Å². The SMILES string of the molecule is CCOC(=O)C(F)(F)CNC(=O)c1cn(Cc2ncnc(OC)c2C)c2cc(C)cnc12. The molecule has 0 aliphatic heterocycles. The molecule has 0 radical (unpaired) electrons. The number of fused-ring (bicyclic) bond motifs is 1. The molecule has 170 valence electrons. The van der Waals surface area contributed by atoms with Crippen molar-refractivity contribution in [3.63, 3.8) is 0 Å². The van der Waals surface area contributed by atoms with Crippen LogP contribution in [0.3, 0.4) is 0 Å². The number of halogens is 2. The third kappa shape index (κ3) is 4.66. The van der Waals surface area contributed by atoms with E-state index in [1.54, 1.807) is 10.8 Å². The first-order valence-corrected chi connectivity index (χ1v) is 9.81. The standard InChI is InChI=1S/C21H23F2N5O4/c1-5-32-20(30)21(22,23)10-25-18(29)14-8-28(16-6-12(2)7-24-17(14)16)9-15-13(3)19(31-4)27-11-26-15/h6-8,11H,5,9-10H2,1-4H3,(H,25,29). The molecule has 32 heavy (non-hydrogen) atoms. The zero-order valence-corrected chi connectivity index (χ0v) is 18.1. The molecule has 0 fully saturated rings. The van der Waals surface area contributed by atoms with Gasteiger partial charge in [-0.05, 0) is 32.4 Å². The number of hydrogen-bond donors (Lipinski definition) is 1. The normalized spacial score (nSPS) is 11.4. The summed E-state index contributed by atoms with van der Waals surface area (Å²) in [6.45, 7) is 3.98. The number of amides is 1. The van der Waals surface area contributed by atoms with Crippen LogP contribution in [0.4, 0.5) is 8.78 Å². The second kappa shape index (κ2) is 9.25. The number of esters is 1. The van der Waals surface area contributed by atoms with E-state index in [9.17, 15) is 18.4 Å². The zero-order valence-electron chi connectivity index (χ0n) is 18.1. The Morgan fingerprint density at radius 2 is 1.97 bits per heavy atom. The minimum Gasteiger partial charge on any atom is -0.481 e. The van der Waals surface area contributed by atoms with Gasteiger partial charge in [-0.3, -0.25) is 9.78 Å². The lowest BCUT2D eigenvalue weighted by Gasteiger charge is -2.15. The van der Waals surface area contributed by atoms with Crippen LogP contribution in [0, 0.1) is 13.8 Å². The molecule has 3 heterocycles. The van der Waals surface area contributed by atoms with Gasteiger partial charge in [-0.2, -0.15) is 8.78 Å². The number of nitrogens with one attached hydrogen (secondary N) is 1. The summed E-state index contributed by atoms with van der Waals surface area (Å²) in [5, 5.41) is 2.10. The predicted molar refractivity (Wildman–Crippen MR) is 111 cm³/mol. The first-order chi connectivity index (χ1) is 15.2. The fraction of sp³-hybridized carbons (Fsp3) is 0.381. The van der Waals surface area contributed by atoms with Crippen LogP contribution in [-0.4, -0.2) is 57.6 Å². The summed E-state index contributed by atoms with van der Waals surface area (Å²) < 4.78 is 39.2. The Balaban J connectivity index is 1.92. The van der Waals surface area contributed by atoms with E-state index < -0.39 is 24.3 Å². The summed E-state index contributed by atoms with van der Waals surface area (Å²) in [4.78, 5) is 36.8. The molecule has 0 saturated carbocycles. The smallest absolute Gasteiger partial charge is 0.378 e. The number of nitrogens with zero attached hydrogens (tertiary/aromatic N) is 4. The predicted octanol–water partition coefficient (Wildman–Crippen LogP) is 2.43. The first kappa shape index (κ1) is 23.0. The fourth-order valence-electron chi connectivity index (χ4n) is 3.15. The van der Waals surface area contributed by atoms with Gasteiger partial charge in [0.2, 0.25) is 5.88 Å². The average Bonchev–Trinajstić information content (AvgIpc) is 3.11. The zero-order chi connectivity index (χ0) is 23.5. The van der Waals surface area contributed by atoms with E-state index in [1.165, 1.54) is 26.6 Å². The Morgan fingerprint density at radius 1 is 1.22 bits per heavy atom. The largest absolute Gasteiger partial charge is 0.481 e. The monoisotopic (exact) mass is 447 g/mol. The van der Waals surface area contributed by atoms with Gasteiger partial charge in [0.25, 0.3) is 5.91 Å². The van der Waals surface area contributed by atoms with Crippen LogP contribution in [-0.2, 0) is 16.1 Å². The molecular weight excluding hydrogens is 424 g/mol. The summed E-state index contributed by atoms with van der Waals surface area (Å²) in [5.74, 6) is -5.89. The number of hydrogen-bond acceptors (Lipinski definition) is 7. The lowest BCUT2D eigenvalue weighted by atomic mass is 10.2. The minimum absolute atomic E-state index is 0.0957. The summed E-state index contributed by atoms with van der Waals surface area (Å²) >= 11 is 0. The van der Waals surface area contributed by atoms with Gasteiger partial charge in [0.15, 0.2) is 0 Å². The Morgan fingerprint density at radius 3 is 2.66 bits per heavy atom. The van der Waals surface area contributed by atoms with Crippen molar-refractivity contribution in [1.29, 1.82) is 0 Å². The van der Waals surface area contributed by atoms with Crippen LogP contribution >= 0.6 is 0 Å². The van der Waals surface area contributed by atoms with E-state index in [4.69, 9.17) is 4.74 Å². The van der Waals surface area contributed by atoms with Crippen LogP contribution in [0.1, 0.15) is 34.1 Å². The number of methoxy groups -OCH3 is 1. The molecule has 0 aromatic carbocycles. The van der Waals surface area contributed by atoms with Gasteiger partial charge in [0.05, 0.1) is 43.6 Å². The van der Waals surface area contributed by atoms with Crippen molar-refractivity contribution in [1.82, 2.24) is 24.8 Å². The maximum atomic E-state index is 13.9. The minimum atomic E-state index is -3.84. The van der Waals surface area contributed by atoms with Crippen molar-refractivity contribution >= 4 is 22.9 Å². The molecule has 1 amide bonds. The topological polar surface area (TPSA) is 108 Å². The lowest BCUT2D eigenvalue weighted by molar-refractivity contribution is -0.170. The van der Waals surface area contributed by atoms with Gasteiger partial charge in [0, 0.05) is 18.0 Å². The number of rotatable bonds is 8.